The number of hydrogen-bond acceptors (Lipinski definition) is 3. The van der Waals surface area contributed by atoms with Gasteiger partial charge in [0.2, 0.25) is 0 Å². The molecule has 0 saturated carbocycles. The zero-order valence-electron chi connectivity index (χ0n) is 10.9. The van der Waals surface area contributed by atoms with E-state index in [2.05, 4.69) is 17.2 Å². The van der Waals surface area contributed by atoms with E-state index in [1.54, 1.807) is 6.07 Å². The fourth-order valence-corrected chi connectivity index (χ4v) is 1.60. The number of rotatable bonds is 4. The molecule has 0 spiro atoms. The van der Waals surface area contributed by atoms with Gasteiger partial charge >= 0.3 is 0 Å². The molecule has 20 heavy (non-hydrogen) atoms. The molecule has 1 heterocycles. The smallest absolute Gasteiger partial charge is 0.254 e. The van der Waals surface area contributed by atoms with Crippen LogP contribution in [-0.2, 0) is 6.54 Å². The zero-order valence-corrected chi connectivity index (χ0v) is 10.9. The van der Waals surface area contributed by atoms with E-state index in [9.17, 15) is 4.79 Å². The molecule has 102 valence electrons. The Kier molecular flexibility index (Phi) is 4.99. The lowest BCUT2D eigenvalue weighted by Crippen LogP contribution is -2.22. The zero-order chi connectivity index (χ0) is 14.2. The van der Waals surface area contributed by atoms with Crippen LogP contribution in [-0.4, -0.2) is 17.6 Å². The van der Waals surface area contributed by atoms with E-state index in [1.165, 1.54) is 12.5 Å². The first kappa shape index (κ1) is 13.9. The molecule has 2 aromatic rings. The molecule has 0 aliphatic carbocycles. The molecule has 0 fully saturated rings. The number of aliphatic hydroxyl groups is 1. The Balaban J connectivity index is 1.88. The van der Waals surface area contributed by atoms with E-state index in [-0.39, 0.29) is 12.5 Å². The summed E-state index contributed by atoms with van der Waals surface area (Å²) < 4.78 is 4.86. The van der Waals surface area contributed by atoms with Gasteiger partial charge in [-0.3, -0.25) is 4.79 Å². The number of aliphatic hydroxyl groups excluding tert-OH is 1. The molecule has 1 aromatic carbocycles. The number of nitrogens with one attached hydrogen (secondary N) is 1. The van der Waals surface area contributed by atoms with Crippen molar-refractivity contribution in [2.45, 2.75) is 13.0 Å². The monoisotopic (exact) mass is 269 g/mol. The van der Waals surface area contributed by atoms with Crippen molar-refractivity contribution in [2.75, 3.05) is 6.61 Å². The molecule has 0 radical (unpaired) electrons. The summed E-state index contributed by atoms with van der Waals surface area (Å²) in [6.45, 7) is 0.527. The molecule has 0 aliphatic heterocycles. The van der Waals surface area contributed by atoms with Gasteiger partial charge < -0.3 is 14.8 Å². The Hall–Kier alpha value is -2.51. The average Bonchev–Trinajstić information content (AvgIpc) is 3.01. The van der Waals surface area contributed by atoms with Crippen molar-refractivity contribution in [3.63, 3.8) is 0 Å². The summed E-state index contributed by atoms with van der Waals surface area (Å²) in [5.74, 6) is 5.65. The largest absolute Gasteiger partial charge is 0.472 e. The average molecular weight is 269 g/mol. The summed E-state index contributed by atoms with van der Waals surface area (Å²) in [4.78, 5) is 11.7. The minimum absolute atomic E-state index is 0.0745. The van der Waals surface area contributed by atoms with Crippen molar-refractivity contribution >= 4 is 5.91 Å². The van der Waals surface area contributed by atoms with Crippen molar-refractivity contribution in [3.05, 3.63) is 59.5 Å². The van der Waals surface area contributed by atoms with Gasteiger partial charge in [-0.25, -0.2) is 0 Å². The second-order valence-corrected chi connectivity index (χ2v) is 4.17. The Labute approximate surface area is 117 Å². The van der Waals surface area contributed by atoms with Gasteiger partial charge in [0.1, 0.15) is 6.26 Å². The standard InChI is InChI=1S/C16H15NO3/c18-9-2-1-3-13-4-6-14(7-5-13)11-17-16(19)15-8-10-20-12-15/h4-8,10,12,18H,2,9,11H2,(H,17,19). The Morgan fingerprint density at radius 2 is 2.05 bits per heavy atom. The normalized spacial score (nSPS) is 9.65. The second-order valence-electron chi connectivity index (χ2n) is 4.17. The first-order chi connectivity index (χ1) is 9.79. The van der Waals surface area contributed by atoms with Crippen LogP contribution >= 0.6 is 0 Å². The summed E-state index contributed by atoms with van der Waals surface area (Å²) in [5.41, 5.74) is 2.40. The van der Waals surface area contributed by atoms with Crippen molar-refractivity contribution in [2.24, 2.45) is 0 Å². The van der Waals surface area contributed by atoms with E-state index >= 15 is 0 Å². The highest BCUT2D eigenvalue weighted by Crippen LogP contribution is 2.04. The fraction of sp³-hybridized carbons (Fsp3) is 0.188. The SMILES string of the molecule is O=C(NCc1ccc(C#CCCO)cc1)c1ccoc1. The van der Waals surface area contributed by atoms with Crippen molar-refractivity contribution in [1.82, 2.24) is 5.32 Å². The van der Waals surface area contributed by atoms with Crippen molar-refractivity contribution in [3.8, 4) is 11.8 Å². The van der Waals surface area contributed by atoms with Crippen LogP contribution in [0.2, 0.25) is 0 Å². The third-order valence-electron chi connectivity index (χ3n) is 2.66. The molecule has 0 atom stereocenters. The highest BCUT2D eigenvalue weighted by Gasteiger charge is 2.05. The molecule has 0 unspecified atom stereocenters. The van der Waals surface area contributed by atoms with E-state index in [4.69, 9.17) is 9.52 Å². The third-order valence-corrected chi connectivity index (χ3v) is 2.66. The van der Waals surface area contributed by atoms with Crippen LogP contribution in [0.15, 0.2) is 47.3 Å². The van der Waals surface area contributed by atoms with Gasteiger partial charge in [-0.2, -0.15) is 0 Å². The minimum atomic E-state index is -0.162. The molecule has 4 nitrogen and oxygen atoms in total. The lowest BCUT2D eigenvalue weighted by molar-refractivity contribution is 0.0950. The molecule has 1 aromatic heterocycles. The van der Waals surface area contributed by atoms with Crippen LogP contribution in [0.1, 0.15) is 27.9 Å². The lowest BCUT2D eigenvalue weighted by Gasteiger charge is -2.03. The maximum absolute atomic E-state index is 11.7. The van der Waals surface area contributed by atoms with Crippen LogP contribution in [0, 0.1) is 11.8 Å². The number of carbonyl (C=O) groups excluding carboxylic acids is 1. The predicted octanol–water partition coefficient (Wildman–Crippen LogP) is 1.94. The van der Waals surface area contributed by atoms with Gasteiger partial charge in [-0.05, 0) is 23.8 Å². The van der Waals surface area contributed by atoms with Crippen molar-refractivity contribution < 1.29 is 14.3 Å². The summed E-state index contributed by atoms with van der Waals surface area (Å²) >= 11 is 0. The maximum atomic E-state index is 11.7. The summed E-state index contributed by atoms with van der Waals surface area (Å²) in [5, 5.41) is 11.4. The van der Waals surface area contributed by atoms with Gasteiger partial charge in [0.05, 0.1) is 18.4 Å². The molecular weight excluding hydrogens is 254 g/mol. The van der Waals surface area contributed by atoms with Crippen LogP contribution in [0.3, 0.4) is 0 Å². The Morgan fingerprint density at radius 1 is 1.25 bits per heavy atom. The van der Waals surface area contributed by atoms with Crippen LogP contribution in [0.5, 0.6) is 0 Å². The van der Waals surface area contributed by atoms with Gasteiger partial charge in [0.25, 0.3) is 5.91 Å². The van der Waals surface area contributed by atoms with Crippen molar-refractivity contribution in [1.29, 1.82) is 0 Å². The maximum Gasteiger partial charge on any atom is 0.254 e. The predicted molar refractivity (Wildman–Crippen MR) is 74.9 cm³/mol. The third kappa shape index (κ3) is 4.01. The van der Waals surface area contributed by atoms with Gasteiger partial charge in [-0.1, -0.05) is 24.0 Å². The molecule has 2 N–H and O–H groups in total. The second kappa shape index (κ2) is 7.17. The first-order valence-electron chi connectivity index (χ1n) is 6.28. The van der Waals surface area contributed by atoms with Crippen LogP contribution in [0.4, 0.5) is 0 Å². The number of furan rings is 1. The van der Waals surface area contributed by atoms with Crippen LogP contribution in [0.25, 0.3) is 0 Å². The van der Waals surface area contributed by atoms with Gasteiger partial charge in [-0.15, -0.1) is 0 Å². The fourth-order valence-electron chi connectivity index (χ4n) is 1.60. The quantitative estimate of drug-likeness (QED) is 0.834. The Morgan fingerprint density at radius 3 is 2.70 bits per heavy atom. The van der Waals surface area contributed by atoms with Gasteiger partial charge in [0.15, 0.2) is 0 Å². The highest BCUT2D eigenvalue weighted by molar-refractivity contribution is 5.93. The van der Waals surface area contributed by atoms with Gasteiger partial charge in [0, 0.05) is 18.5 Å². The molecule has 0 bridgehead atoms. The van der Waals surface area contributed by atoms with E-state index in [1.807, 2.05) is 24.3 Å². The lowest BCUT2D eigenvalue weighted by atomic mass is 10.1. The van der Waals surface area contributed by atoms with E-state index in [0.29, 0.717) is 18.5 Å². The molecule has 0 aliphatic rings. The molecule has 1 amide bonds. The van der Waals surface area contributed by atoms with E-state index < -0.39 is 0 Å². The highest BCUT2D eigenvalue weighted by atomic mass is 16.3. The molecule has 2 rings (SSSR count). The number of benzene rings is 1. The summed E-state index contributed by atoms with van der Waals surface area (Å²) in [6, 6.07) is 9.24. The number of amides is 1. The summed E-state index contributed by atoms with van der Waals surface area (Å²) in [6.07, 6.45) is 3.35. The minimum Gasteiger partial charge on any atom is -0.472 e. The number of carbonyl (C=O) groups is 1. The van der Waals surface area contributed by atoms with E-state index in [0.717, 1.165) is 11.1 Å². The van der Waals surface area contributed by atoms with Crippen LogP contribution < -0.4 is 5.32 Å². The molecular formula is C16H15NO3. The first-order valence-corrected chi connectivity index (χ1v) is 6.28. The Bertz CT molecular complexity index is 603. The summed E-state index contributed by atoms with van der Waals surface area (Å²) in [7, 11) is 0. The number of hydrogen-bond donors (Lipinski definition) is 2. The molecule has 0 saturated heterocycles. The topological polar surface area (TPSA) is 62.5 Å². The molecule has 4 heteroatoms.